The summed E-state index contributed by atoms with van der Waals surface area (Å²) in [6.07, 6.45) is 3.61. The molecule has 1 aliphatic rings. The molecule has 0 bridgehead atoms. The second kappa shape index (κ2) is 7.87. The van der Waals surface area contributed by atoms with Gasteiger partial charge in [-0.3, -0.25) is 4.79 Å². The molecular formula is C21H19BrClN3O. The Hall–Kier alpha value is -2.11. The molecule has 2 aromatic carbocycles. The minimum Gasteiger partial charge on any atom is -0.356 e. The molecule has 138 valence electrons. The normalized spacial score (nSPS) is 15.1. The highest BCUT2D eigenvalue weighted by atomic mass is 79.9. The molecule has 1 saturated heterocycles. The van der Waals surface area contributed by atoms with Crippen molar-refractivity contribution in [2.45, 2.75) is 18.9 Å². The van der Waals surface area contributed by atoms with Gasteiger partial charge < -0.3 is 10.2 Å². The van der Waals surface area contributed by atoms with Crippen LogP contribution in [0.3, 0.4) is 0 Å². The van der Waals surface area contributed by atoms with E-state index >= 15 is 0 Å². The molecule has 3 aromatic rings. The van der Waals surface area contributed by atoms with Crippen molar-refractivity contribution in [1.29, 1.82) is 0 Å². The number of nitrogens with one attached hydrogen (secondary N) is 1. The monoisotopic (exact) mass is 443 g/mol. The van der Waals surface area contributed by atoms with Crippen molar-refractivity contribution in [3.8, 4) is 0 Å². The van der Waals surface area contributed by atoms with Gasteiger partial charge in [-0.2, -0.15) is 0 Å². The Morgan fingerprint density at radius 2 is 1.93 bits per heavy atom. The fourth-order valence-electron chi connectivity index (χ4n) is 3.53. The highest BCUT2D eigenvalue weighted by Crippen LogP contribution is 2.29. The molecular weight excluding hydrogens is 426 g/mol. The number of pyridine rings is 1. The number of aromatic nitrogens is 1. The Morgan fingerprint density at radius 3 is 2.70 bits per heavy atom. The highest BCUT2D eigenvalue weighted by molar-refractivity contribution is 9.10. The zero-order valence-electron chi connectivity index (χ0n) is 14.7. The highest BCUT2D eigenvalue weighted by Gasteiger charge is 2.23. The van der Waals surface area contributed by atoms with E-state index in [-0.39, 0.29) is 11.9 Å². The van der Waals surface area contributed by atoms with E-state index in [1.165, 1.54) is 0 Å². The Bertz CT molecular complexity index is 986. The summed E-state index contributed by atoms with van der Waals surface area (Å²) in [4.78, 5) is 19.4. The van der Waals surface area contributed by atoms with E-state index in [1.807, 2.05) is 54.7 Å². The molecule has 1 N–H and O–H groups in total. The molecule has 6 heteroatoms. The van der Waals surface area contributed by atoms with Gasteiger partial charge in [0, 0.05) is 40.2 Å². The lowest BCUT2D eigenvalue weighted by Crippen LogP contribution is -2.45. The molecule has 0 radical (unpaired) electrons. The van der Waals surface area contributed by atoms with Gasteiger partial charge in [-0.1, -0.05) is 23.7 Å². The van der Waals surface area contributed by atoms with Crippen LogP contribution in [-0.4, -0.2) is 30.0 Å². The van der Waals surface area contributed by atoms with E-state index in [2.05, 4.69) is 31.1 Å². The Labute approximate surface area is 171 Å². The molecule has 0 saturated carbocycles. The van der Waals surface area contributed by atoms with Gasteiger partial charge in [0.2, 0.25) is 0 Å². The first-order valence-corrected chi connectivity index (χ1v) is 10.1. The summed E-state index contributed by atoms with van der Waals surface area (Å²) in [5.41, 5.74) is 0.674. The maximum Gasteiger partial charge on any atom is 0.252 e. The topological polar surface area (TPSA) is 45.2 Å². The lowest BCUT2D eigenvalue weighted by atomic mass is 10.0. The maximum absolute atomic E-state index is 12.5. The third kappa shape index (κ3) is 3.94. The van der Waals surface area contributed by atoms with E-state index < -0.39 is 0 Å². The molecule has 1 fully saturated rings. The smallest absolute Gasteiger partial charge is 0.252 e. The lowest BCUT2D eigenvalue weighted by molar-refractivity contribution is 0.0930. The van der Waals surface area contributed by atoms with Crippen molar-refractivity contribution in [1.82, 2.24) is 10.3 Å². The first-order chi connectivity index (χ1) is 13.1. The predicted octanol–water partition coefficient (Wildman–Crippen LogP) is 5.05. The number of hydrogen-bond donors (Lipinski definition) is 1. The summed E-state index contributed by atoms with van der Waals surface area (Å²) in [5.74, 6) is 0.957. The molecule has 2 heterocycles. The van der Waals surface area contributed by atoms with E-state index in [4.69, 9.17) is 11.6 Å². The van der Waals surface area contributed by atoms with Gasteiger partial charge in [0.1, 0.15) is 5.82 Å². The number of nitrogens with zero attached hydrogens (tertiary/aromatic N) is 2. The van der Waals surface area contributed by atoms with E-state index in [1.54, 1.807) is 0 Å². The largest absolute Gasteiger partial charge is 0.356 e. The molecule has 0 spiro atoms. The van der Waals surface area contributed by atoms with E-state index in [9.17, 15) is 4.79 Å². The number of piperidine rings is 1. The summed E-state index contributed by atoms with van der Waals surface area (Å²) < 4.78 is 0.818. The van der Waals surface area contributed by atoms with E-state index in [0.29, 0.717) is 5.56 Å². The SMILES string of the molecule is O=C(NC1CCN(c2nccc3cc(Cl)ccc23)CC1)c1ccccc1Br. The number of halogens is 2. The molecule has 1 aromatic heterocycles. The Kier molecular flexibility index (Phi) is 5.32. The minimum absolute atomic E-state index is 0.0288. The second-order valence-corrected chi connectivity index (χ2v) is 8.01. The summed E-state index contributed by atoms with van der Waals surface area (Å²) >= 11 is 9.55. The van der Waals surface area contributed by atoms with Crippen molar-refractivity contribution in [3.63, 3.8) is 0 Å². The van der Waals surface area contributed by atoms with Crippen molar-refractivity contribution in [3.05, 3.63) is 69.8 Å². The van der Waals surface area contributed by atoms with Crippen LogP contribution in [0.2, 0.25) is 5.02 Å². The summed E-state index contributed by atoms with van der Waals surface area (Å²) in [5, 5.41) is 6.09. The molecule has 27 heavy (non-hydrogen) atoms. The average molecular weight is 445 g/mol. The number of benzene rings is 2. The van der Waals surface area contributed by atoms with Crippen LogP contribution in [0.5, 0.6) is 0 Å². The molecule has 4 rings (SSSR count). The Balaban J connectivity index is 1.44. The minimum atomic E-state index is -0.0288. The first-order valence-electron chi connectivity index (χ1n) is 8.96. The van der Waals surface area contributed by atoms with Crippen molar-refractivity contribution < 1.29 is 4.79 Å². The molecule has 1 aliphatic heterocycles. The molecule has 0 aliphatic carbocycles. The maximum atomic E-state index is 12.5. The van der Waals surface area contributed by atoms with Crippen LogP contribution >= 0.6 is 27.5 Å². The fraction of sp³-hybridized carbons (Fsp3) is 0.238. The van der Waals surface area contributed by atoms with Gasteiger partial charge in [-0.25, -0.2) is 4.98 Å². The van der Waals surface area contributed by atoms with Gasteiger partial charge in [0.25, 0.3) is 5.91 Å². The van der Waals surface area contributed by atoms with Gasteiger partial charge in [-0.05, 0) is 70.6 Å². The Morgan fingerprint density at radius 1 is 1.15 bits per heavy atom. The second-order valence-electron chi connectivity index (χ2n) is 6.71. The van der Waals surface area contributed by atoms with Crippen molar-refractivity contribution >= 4 is 50.0 Å². The molecule has 0 atom stereocenters. The summed E-state index contributed by atoms with van der Waals surface area (Å²) in [7, 11) is 0. The zero-order valence-corrected chi connectivity index (χ0v) is 17.0. The van der Waals surface area contributed by atoms with Crippen LogP contribution in [0.15, 0.2) is 59.2 Å². The molecule has 0 unspecified atom stereocenters. The zero-order chi connectivity index (χ0) is 18.8. The number of carbonyl (C=O) groups excluding carboxylic acids is 1. The number of amides is 1. The number of anilines is 1. The van der Waals surface area contributed by atoms with Crippen molar-refractivity contribution in [2.24, 2.45) is 0 Å². The van der Waals surface area contributed by atoms with Gasteiger partial charge in [0.15, 0.2) is 0 Å². The van der Waals surface area contributed by atoms with Crippen LogP contribution in [-0.2, 0) is 0 Å². The summed E-state index contributed by atoms with van der Waals surface area (Å²) in [6, 6.07) is 15.5. The van der Waals surface area contributed by atoms with Gasteiger partial charge in [0.05, 0.1) is 5.56 Å². The number of carbonyl (C=O) groups is 1. The summed E-state index contributed by atoms with van der Waals surface area (Å²) in [6.45, 7) is 1.71. The number of hydrogen-bond acceptors (Lipinski definition) is 3. The third-order valence-corrected chi connectivity index (χ3v) is 5.88. The van der Waals surface area contributed by atoms with Crippen molar-refractivity contribution in [2.75, 3.05) is 18.0 Å². The van der Waals surface area contributed by atoms with Crippen LogP contribution in [0.25, 0.3) is 10.8 Å². The van der Waals surface area contributed by atoms with E-state index in [0.717, 1.165) is 52.0 Å². The van der Waals surface area contributed by atoms with Crippen LogP contribution in [0, 0.1) is 0 Å². The van der Waals surface area contributed by atoms with Gasteiger partial charge >= 0.3 is 0 Å². The molecule has 1 amide bonds. The fourth-order valence-corrected chi connectivity index (χ4v) is 4.17. The predicted molar refractivity (Wildman–Crippen MR) is 114 cm³/mol. The third-order valence-electron chi connectivity index (χ3n) is 4.95. The van der Waals surface area contributed by atoms with Crippen LogP contribution in [0.4, 0.5) is 5.82 Å². The number of rotatable bonds is 3. The van der Waals surface area contributed by atoms with Crippen LogP contribution in [0.1, 0.15) is 23.2 Å². The first kappa shape index (κ1) is 18.3. The van der Waals surface area contributed by atoms with Gasteiger partial charge in [-0.15, -0.1) is 0 Å². The quantitative estimate of drug-likeness (QED) is 0.615. The lowest BCUT2D eigenvalue weighted by Gasteiger charge is -2.33. The van der Waals surface area contributed by atoms with Crippen LogP contribution < -0.4 is 10.2 Å². The average Bonchev–Trinajstić information content (AvgIpc) is 2.68. The molecule has 4 nitrogen and oxygen atoms in total. The number of fused-ring (bicyclic) bond motifs is 1. The standard InChI is InChI=1S/C21H19BrClN3O/c22-19-4-2-1-3-18(19)21(27)25-16-8-11-26(12-9-16)20-17-6-5-15(23)13-14(17)7-10-24-20/h1-7,10,13,16H,8-9,11-12H2,(H,25,27).